The number of rotatable bonds is 4. The van der Waals surface area contributed by atoms with Crippen molar-refractivity contribution in [1.82, 2.24) is 4.67 Å². The van der Waals surface area contributed by atoms with E-state index >= 15 is 0 Å². The van der Waals surface area contributed by atoms with E-state index in [4.69, 9.17) is 9.84 Å². The van der Waals surface area contributed by atoms with Gasteiger partial charge in [-0.3, -0.25) is 14.3 Å². The third-order valence-electron chi connectivity index (χ3n) is 3.84. The normalized spacial score (nSPS) is 33.8. The molecular weight excluding hydrogens is 253 g/mol. The van der Waals surface area contributed by atoms with Gasteiger partial charge in [-0.25, -0.2) is 0 Å². The van der Waals surface area contributed by atoms with Gasteiger partial charge in [0, 0.05) is 12.5 Å². The van der Waals surface area contributed by atoms with E-state index in [0.717, 1.165) is 12.8 Å². The molecule has 1 N–H and O–H groups in total. The lowest BCUT2D eigenvalue weighted by Gasteiger charge is -2.28. The summed E-state index contributed by atoms with van der Waals surface area (Å²) < 4.78 is 7.76. The van der Waals surface area contributed by atoms with Crippen molar-refractivity contribution in [3.8, 4) is 0 Å². The Morgan fingerprint density at radius 2 is 2.06 bits per heavy atom. The Morgan fingerprint density at radius 3 is 2.56 bits per heavy atom. The molecule has 0 radical (unpaired) electrons. The van der Waals surface area contributed by atoms with Crippen LogP contribution in [0.4, 0.5) is 0 Å². The Labute approximate surface area is 109 Å². The standard InChI is InChI=1S/C12H20NO4P/c14-10-5-9(13(18)6-10)7-17-11-3-1-8(2-4-11)12(15)16/h8-9,11H,1-7,18H2,(H,15,16)/t8?,9-,11?/m0/s1. The van der Waals surface area contributed by atoms with Crippen molar-refractivity contribution in [1.29, 1.82) is 0 Å². The van der Waals surface area contributed by atoms with E-state index in [1.54, 1.807) is 0 Å². The van der Waals surface area contributed by atoms with Gasteiger partial charge in [-0.15, -0.1) is 0 Å². The summed E-state index contributed by atoms with van der Waals surface area (Å²) in [6, 6.07) is 0.166. The molecule has 1 saturated carbocycles. The lowest BCUT2D eigenvalue weighted by Crippen LogP contribution is -2.31. The number of nitrogens with zero attached hydrogens (tertiary/aromatic N) is 1. The predicted octanol–water partition coefficient (Wildman–Crippen LogP) is 1.08. The molecule has 2 atom stereocenters. The van der Waals surface area contributed by atoms with Crippen molar-refractivity contribution in [2.24, 2.45) is 5.92 Å². The highest BCUT2D eigenvalue weighted by atomic mass is 31.0. The molecule has 2 rings (SSSR count). The number of aliphatic carboxylic acids is 1. The highest BCUT2D eigenvalue weighted by Crippen LogP contribution is 2.27. The Morgan fingerprint density at radius 1 is 1.39 bits per heavy atom. The van der Waals surface area contributed by atoms with Crippen molar-refractivity contribution in [2.45, 2.75) is 44.2 Å². The average Bonchev–Trinajstić information content (AvgIpc) is 2.66. The second-order valence-corrected chi connectivity index (χ2v) is 5.88. The summed E-state index contributed by atoms with van der Waals surface area (Å²) in [5.74, 6) is -0.629. The van der Waals surface area contributed by atoms with Gasteiger partial charge in [-0.05, 0) is 25.7 Å². The van der Waals surface area contributed by atoms with E-state index in [-0.39, 0.29) is 23.8 Å². The zero-order chi connectivity index (χ0) is 13.1. The monoisotopic (exact) mass is 273 g/mol. The molecule has 1 aliphatic carbocycles. The first-order valence-electron chi connectivity index (χ1n) is 6.43. The zero-order valence-corrected chi connectivity index (χ0v) is 11.5. The predicted molar refractivity (Wildman–Crippen MR) is 69.2 cm³/mol. The molecule has 1 unspecified atom stereocenters. The summed E-state index contributed by atoms with van der Waals surface area (Å²) in [6.07, 6.45) is 3.76. The SMILES string of the molecule is O=C1C[C@@H](COC2CCC(C(=O)O)CC2)N(P)C1. The van der Waals surface area contributed by atoms with E-state index in [1.807, 2.05) is 4.67 Å². The molecule has 18 heavy (non-hydrogen) atoms. The molecule has 0 aromatic carbocycles. The minimum Gasteiger partial charge on any atom is -0.481 e. The van der Waals surface area contributed by atoms with Crippen LogP contribution in [0, 0.1) is 5.92 Å². The van der Waals surface area contributed by atoms with Crippen LogP contribution in [-0.4, -0.2) is 46.8 Å². The third-order valence-corrected chi connectivity index (χ3v) is 4.44. The van der Waals surface area contributed by atoms with Crippen molar-refractivity contribution in [2.75, 3.05) is 13.2 Å². The summed E-state index contributed by atoms with van der Waals surface area (Å²) in [7, 11) is 2.57. The fourth-order valence-corrected chi connectivity index (χ4v) is 3.05. The van der Waals surface area contributed by atoms with Gasteiger partial charge in [0.2, 0.25) is 0 Å². The molecule has 0 aromatic heterocycles. The molecule has 1 aliphatic heterocycles. The van der Waals surface area contributed by atoms with Crippen LogP contribution in [0.2, 0.25) is 0 Å². The first kappa shape index (κ1) is 13.9. The summed E-state index contributed by atoms with van der Waals surface area (Å²) in [5, 5.41) is 8.90. The molecule has 102 valence electrons. The van der Waals surface area contributed by atoms with Crippen molar-refractivity contribution in [3.05, 3.63) is 0 Å². The van der Waals surface area contributed by atoms with Crippen molar-refractivity contribution in [3.63, 3.8) is 0 Å². The molecule has 0 amide bonds. The smallest absolute Gasteiger partial charge is 0.306 e. The number of hydrogen-bond donors (Lipinski definition) is 1. The lowest BCUT2D eigenvalue weighted by molar-refractivity contribution is -0.143. The molecule has 2 fully saturated rings. The van der Waals surface area contributed by atoms with Crippen LogP contribution in [0.5, 0.6) is 0 Å². The maximum Gasteiger partial charge on any atom is 0.306 e. The maximum absolute atomic E-state index is 11.3. The Balaban J connectivity index is 1.69. The summed E-state index contributed by atoms with van der Waals surface area (Å²) >= 11 is 0. The molecular formula is C12H20NO4P. The number of ether oxygens (including phenoxy) is 1. The van der Waals surface area contributed by atoms with E-state index in [2.05, 4.69) is 9.39 Å². The maximum atomic E-state index is 11.3. The van der Waals surface area contributed by atoms with Crippen molar-refractivity contribution < 1.29 is 19.4 Å². The quantitative estimate of drug-likeness (QED) is 0.776. The fourth-order valence-electron chi connectivity index (χ4n) is 2.66. The summed E-state index contributed by atoms with van der Waals surface area (Å²) in [4.78, 5) is 22.1. The average molecular weight is 273 g/mol. The van der Waals surface area contributed by atoms with Gasteiger partial charge in [0.1, 0.15) is 5.78 Å². The van der Waals surface area contributed by atoms with Crippen molar-refractivity contribution >= 4 is 21.1 Å². The van der Waals surface area contributed by atoms with Gasteiger partial charge in [0.05, 0.1) is 25.2 Å². The number of carboxylic acids is 1. The van der Waals surface area contributed by atoms with E-state index < -0.39 is 5.97 Å². The summed E-state index contributed by atoms with van der Waals surface area (Å²) in [5.41, 5.74) is 0. The largest absolute Gasteiger partial charge is 0.481 e. The van der Waals surface area contributed by atoms with Gasteiger partial charge in [0.25, 0.3) is 0 Å². The van der Waals surface area contributed by atoms with Gasteiger partial charge in [0.15, 0.2) is 0 Å². The van der Waals surface area contributed by atoms with Crippen LogP contribution in [-0.2, 0) is 14.3 Å². The minimum atomic E-state index is -0.689. The molecule has 0 spiro atoms. The van der Waals surface area contributed by atoms with E-state index in [1.165, 1.54) is 0 Å². The number of ketones is 1. The third kappa shape index (κ3) is 3.50. The molecule has 1 saturated heterocycles. The van der Waals surface area contributed by atoms with Gasteiger partial charge in [-0.2, -0.15) is 0 Å². The Kier molecular flexibility index (Phi) is 4.71. The number of hydrogen-bond acceptors (Lipinski definition) is 4. The number of Topliss-reactive ketones (excluding diaryl/α,β-unsaturated/α-hetero) is 1. The molecule has 5 nitrogen and oxygen atoms in total. The first-order chi connectivity index (χ1) is 8.56. The van der Waals surface area contributed by atoms with Gasteiger partial charge >= 0.3 is 5.97 Å². The molecule has 0 bridgehead atoms. The van der Waals surface area contributed by atoms with Gasteiger partial charge in [-0.1, -0.05) is 9.39 Å². The second-order valence-electron chi connectivity index (χ2n) is 5.21. The highest BCUT2D eigenvalue weighted by Gasteiger charge is 2.30. The number of carbonyl (C=O) groups is 2. The van der Waals surface area contributed by atoms with Crippen LogP contribution >= 0.6 is 9.39 Å². The number of carbonyl (C=O) groups excluding carboxylic acids is 1. The molecule has 1 heterocycles. The molecule has 6 heteroatoms. The zero-order valence-electron chi connectivity index (χ0n) is 10.4. The topological polar surface area (TPSA) is 66.8 Å². The van der Waals surface area contributed by atoms with Gasteiger partial charge < -0.3 is 9.84 Å². The van der Waals surface area contributed by atoms with Crippen LogP contribution < -0.4 is 0 Å². The van der Waals surface area contributed by atoms with Crippen LogP contribution in [0.15, 0.2) is 0 Å². The Bertz CT molecular complexity index is 328. The highest BCUT2D eigenvalue weighted by molar-refractivity contribution is 7.13. The Hall–Kier alpha value is -0.510. The van der Waals surface area contributed by atoms with Crippen LogP contribution in [0.25, 0.3) is 0 Å². The minimum absolute atomic E-state index is 0.162. The molecule has 0 aromatic rings. The van der Waals surface area contributed by atoms with Crippen LogP contribution in [0.3, 0.4) is 0 Å². The second kappa shape index (κ2) is 6.09. The van der Waals surface area contributed by atoms with Crippen LogP contribution in [0.1, 0.15) is 32.1 Å². The first-order valence-corrected chi connectivity index (χ1v) is 6.95. The fraction of sp³-hybridized carbons (Fsp3) is 0.833. The lowest BCUT2D eigenvalue weighted by atomic mass is 9.87. The van der Waals surface area contributed by atoms with E-state index in [9.17, 15) is 9.59 Å². The van der Waals surface area contributed by atoms with E-state index in [0.29, 0.717) is 32.4 Å². The summed E-state index contributed by atoms with van der Waals surface area (Å²) in [6.45, 7) is 1.06. The molecule has 2 aliphatic rings. The number of carboxylic acid groups (broad SMARTS) is 1.